The maximum Gasteiger partial charge on any atom is 0.472 e. The first-order valence-corrected chi connectivity index (χ1v) is 23.2. The zero-order valence-electron chi connectivity index (χ0n) is 36.1. The number of carbonyl (C=O) groups is 2. The van der Waals surface area contributed by atoms with Gasteiger partial charge >= 0.3 is 19.8 Å². The van der Waals surface area contributed by atoms with Crippen molar-refractivity contribution in [3.8, 4) is 0 Å². The molecule has 2 atom stereocenters. The fourth-order valence-corrected chi connectivity index (χ4v) is 6.08. The van der Waals surface area contributed by atoms with Gasteiger partial charge in [-0.2, -0.15) is 0 Å². The molecule has 0 rings (SSSR count). The van der Waals surface area contributed by atoms with Crippen LogP contribution in [0.3, 0.4) is 0 Å². The van der Waals surface area contributed by atoms with Crippen molar-refractivity contribution in [3.63, 3.8) is 0 Å². The van der Waals surface area contributed by atoms with Crippen LogP contribution in [-0.4, -0.2) is 74.9 Å². The van der Waals surface area contributed by atoms with Crippen LogP contribution in [0.4, 0.5) is 0 Å². The number of hydrogen-bond donors (Lipinski definition) is 1. The molecule has 0 aromatic heterocycles. The molecular weight excluding hydrogens is 725 g/mol. The van der Waals surface area contributed by atoms with Crippen LogP contribution >= 0.6 is 7.82 Å². The summed E-state index contributed by atoms with van der Waals surface area (Å²) in [5.74, 6) is -0.891. The third-order valence-corrected chi connectivity index (χ3v) is 9.70. The molecule has 0 aliphatic carbocycles. The molecule has 10 heteroatoms. The van der Waals surface area contributed by atoms with Gasteiger partial charge in [0.25, 0.3) is 0 Å². The lowest BCUT2D eigenvalue weighted by Crippen LogP contribution is -2.37. The van der Waals surface area contributed by atoms with Gasteiger partial charge in [0, 0.05) is 12.8 Å². The van der Waals surface area contributed by atoms with Crippen molar-refractivity contribution in [2.75, 3.05) is 47.5 Å². The number of hydrogen-bond acceptors (Lipinski definition) is 7. The highest BCUT2D eigenvalue weighted by Gasteiger charge is 2.27. The van der Waals surface area contributed by atoms with Gasteiger partial charge in [0.2, 0.25) is 0 Å². The molecule has 0 radical (unpaired) electrons. The molecule has 0 amide bonds. The van der Waals surface area contributed by atoms with Crippen molar-refractivity contribution >= 4 is 19.8 Å². The van der Waals surface area contributed by atoms with E-state index < -0.39 is 32.5 Å². The van der Waals surface area contributed by atoms with Crippen molar-refractivity contribution in [1.82, 2.24) is 0 Å². The standard InChI is InChI=1S/C46H80NO8P/c1-6-8-10-12-14-16-18-20-22-23-25-27-29-31-33-35-37-39-46(49)55-44(43-54-56(50,51)53-41-40-47(3,4)5)42-52-45(48)38-36-34-32-30-28-26-24-21-19-17-15-13-11-9-7-2/h8,10,14,16,20,22,25-28,31,33,44H,6-7,9,11-13,15,17-19,21,23-24,29-30,32,34-43H2,1-5H3/p+1/b10-8+,16-14+,22-20+,27-25+,28-26+,33-31+/t44-/m1/s1. The zero-order valence-corrected chi connectivity index (χ0v) is 37.0. The SMILES string of the molecule is CC/C=C/C/C=C/C/C=C/C/C=C/C/C=C/CCCC(=O)O[C@H](COC(=O)CCCCC/C=C/CCCCCCCCCC)COP(=O)(O)OCC[N+](C)(C)C. The molecule has 0 aliphatic heterocycles. The van der Waals surface area contributed by atoms with Crippen molar-refractivity contribution < 1.29 is 42.1 Å². The first-order chi connectivity index (χ1) is 27.0. The molecule has 0 saturated carbocycles. The van der Waals surface area contributed by atoms with Gasteiger partial charge in [-0.25, -0.2) is 4.57 Å². The van der Waals surface area contributed by atoms with E-state index in [0.29, 0.717) is 30.3 Å². The Hall–Kier alpha value is -2.55. The summed E-state index contributed by atoms with van der Waals surface area (Å²) in [6.45, 7) is 4.20. The molecule has 1 N–H and O–H groups in total. The average Bonchev–Trinajstić information content (AvgIpc) is 3.15. The third kappa shape index (κ3) is 41.1. The summed E-state index contributed by atoms with van der Waals surface area (Å²) in [4.78, 5) is 35.3. The highest BCUT2D eigenvalue weighted by molar-refractivity contribution is 7.47. The average molecular weight is 807 g/mol. The van der Waals surface area contributed by atoms with Gasteiger partial charge < -0.3 is 18.9 Å². The highest BCUT2D eigenvalue weighted by Crippen LogP contribution is 2.43. The van der Waals surface area contributed by atoms with Crippen LogP contribution in [0.2, 0.25) is 0 Å². The van der Waals surface area contributed by atoms with E-state index in [1.54, 1.807) is 0 Å². The van der Waals surface area contributed by atoms with Crippen LogP contribution in [0.25, 0.3) is 0 Å². The second-order valence-electron chi connectivity index (χ2n) is 15.3. The van der Waals surface area contributed by atoms with Crippen LogP contribution < -0.4 is 0 Å². The summed E-state index contributed by atoms with van der Waals surface area (Å²) < 4.78 is 34.2. The molecule has 0 heterocycles. The number of unbranched alkanes of at least 4 members (excludes halogenated alkanes) is 12. The number of carbonyl (C=O) groups excluding carboxylic acids is 2. The summed E-state index contributed by atoms with van der Waals surface area (Å²) in [7, 11) is 1.42. The first kappa shape index (κ1) is 53.5. The van der Waals surface area contributed by atoms with Crippen LogP contribution in [-0.2, 0) is 32.7 Å². The number of rotatable bonds is 38. The molecule has 322 valence electrons. The molecule has 9 nitrogen and oxygen atoms in total. The van der Waals surface area contributed by atoms with Crippen molar-refractivity contribution in [3.05, 3.63) is 72.9 Å². The van der Waals surface area contributed by atoms with Gasteiger partial charge in [0.1, 0.15) is 19.8 Å². The number of ether oxygens (including phenoxy) is 2. The molecule has 1 unspecified atom stereocenters. The van der Waals surface area contributed by atoms with E-state index in [4.69, 9.17) is 18.5 Å². The first-order valence-electron chi connectivity index (χ1n) is 21.7. The number of esters is 2. The Kier molecular flexibility index (Phi) is 36.3. The minimum atomic E-state index is -4.40. The van der Waals surface area contributed by atoms with Crippen molar-refractivity contribution in [2.24, 2.45) is 0 Å². The number of likely N-dealkylation sites (N-methyl/N-ethyl adjacent to an activating group) is 1. The second-order valence-corrected chi connectivity index (χ2v) is 16.8. The lowest BCUT2D eigenvalue weighted by atomic mass is 10.1. The molecule has 0 fully saturated rings. The number of quaternary nitrogens is 1. The number of allylic oxidation sites excluding steroid dienone is 12. The Morgan fingerprint density at radius 2 is 1.04 bits per heavy atom. The van der Waals surface area contributed by atoms with Crippen molar-refractivity contribution in [2.45, 2.75) is 161 Å². The highest BCUT2D eigenvalue weighted by atomic mass is 31.2. The van der Waals surface area contributed by atoms with Gasteiger partial charge in [-0.05, 0) is 77.0 Å². The lowest BCUT2D eigenvalue weighted by molar-refractivity contribution is -0.870. The minimum Gasteiger partial charge on any atom is -0.462 e. The monoisotopic (exact) mass is 807 g/mol. The lowest BCUT2D eigenvalue weighted by Gasteiger charge is -2.24. The predicted octanol–water partition coefficient (Wildman–Crippen LogP) is 12.2. The third-order valence-electron chi connectivity index (χ3n) is 8.72. The van der Waals surface area contributed by atoms with E-state index in [0.717, 1.165) is 57.8 Å². The van der Waals surface area contributed by atoms with Gasteiger partial charge in [0.15, 0.2) is 6.10 Å². The molecule has 56 heavy (non-hydrogen) atoms. The quantitative estimate of drug-likeness (QED) is 0.0216. The molecule has 0 aliphatic rings. The second kappa shape index (κ2) is 38.0. The summed E-state index contributed by atoms with van der Waals surface area (Å²) in [6, 6.07) is 0. The fraction of sp³-hybridized carbons (Fsp3) is 0.696. The smallest absolute Gasteiger partial charge is 0.462 e. The fourth-order valence-electron chi connectivity index (χ4n) is 5.34. The van der Waals surface area contributed by atoms with Gasteiger partial charge in [-0.1, -0.05) is 138 Å². The van der Waals surface area contributed by atoms with E-state index >= 15 is 0 Å². The molecule has 0 spiro atoms. The Morgan fingerprint density at radius 3 is 1.59 bits per heavy atom. The van der Waals surface area contributed by atoms with Crippen molar-refractivity contribution in [1.29, 1.82) is 0 Å². The molecule has 0 aromatic rings. The van der Waals surface area contributed by atoms with E-state index in [1.165, 1.54) is 51.4 Å². The topological polar surface area (TPSA) is 108 Å². The molecular formula is C46H81NO8P+. The summed E-state index contributed by atoms with van der Waals surface area (Å²) in [5.41, 5.74) is 0. The Balaban J connectivity index is 4.51. The van der Waals surface area contributed by atoms with E-state index in [1.807, 2.05) is 27.2 Å². The Morgan fingerprint density at radius 1 is 0.571 bits per heavy atom. The maximum absolute atomic E-state index is 12.7. The van der Waals surface area contributed by atoms with E-state index in [2.05, 4.69) is 80.7 Å². The van der Waals surface area contributed by atoms with E-state index in [9.17, 15) is 19.0 Å². The van der Waals surface area contributed by atoms with E-state index in [-0.39, 0.29) is 26.1 Å². The summed E-state index contributed by atoms with van der Waals surface area (Å²) in [6.07, 6.45) is 46.7. The molecule has 0 bridgehead atoms. The largest absolute Gasteiger partial charge is 0.472 e. The summed E-state index contributed by atoms with van der Waals surface area (Å²) >= 11 is 0. The number of phosphoric acid groups is 1. The number of nitrogens with zero attached hydrogens (tertiary/aromatic N) is 1. The Bertz CT molecular complexity index is 1180. The van der Waals surface area contributed by atoms with Crippen LogP contribution in [0, 0.1) is 0 Å². The van der Waals surface area contributed by atoms with Crippen LogP contribution in [0.15, 0.2) is 72.9 Å². The predicted molar refractivity (Wildman–Crippen MR) is 233 cm³/mol. The van der Waals surface area contributed by atoms with Crippen LogP contribution in [0.5, 0.6) is 0 Å². The molecule has 0 aromatic carbocycles. The van der Waals surface area contributed by atoms with Gasteiger partial charge in [-0.3, -0.25) is 18.6 Å². The van der Waals surface area contributed by atoms with Gasteiger partial charge in [0.05, 0.1) is 27.7 Å². The normalized spacial score (nSPS) is 14.3. The molecule has 0 saturated heterocycles. The number of phosphoric ester groups is 1. The summed E-state index contributed by atoms with van der Waals surface area (Å²) in [5, 5.41) is 0. The maximum atomic E-state index is 12.7. The van der Waals surface area contributed by atoms with Crippen LogP contribution in [0.1, 0.15) is 155 Å². The zero-order chi connectivity index (χ0) is 41.4. The van der Waals surface area contributed by atoms with Gasteiger partial charge in [-0.15, -0.1) is 0 Å². The minimum absolute atomic E-state index is 0.0154. The Labute approximate surface area is 342 Å².